The third kappa shape index (κ3) is 1.73. The van der Waals surface area contributed by atoms with Crippen LogP contribution in [-0.4, -0.2) is 19.0 Å². The molecule has 1 fully saturated rings. The second kappa shape index (κ2) is 3.80. The molecule has 0 aliphatic heterocycles. The second-order valence-corrected chi connectivity index (χ2v) is 4.62. The minimum Gasteiger partial charge on any atom is -0.469 e. The normalized spacial score (nSPS) is 26.2. The van der Waals surface area contributed by atoms with Gasteiger partial charge in [-0.15, -0.1) is 0 Å². The lowest BCUT2D eigenvalue weighted by atomic mass is 10.1. The van der Waals surface area contributed by atoms with Crippen molar-refractivity contribution in [2.45, 2.75) is 11.8 Å². The summed E-state index contributed by atoms with van der Waals surface area (Å²) in [5.74, 6) is -6.22. The maximum Gasteiger partial charge on any atom is 0.315 e. The lowest BCUT2D eigenvalue weighted by Crippen LogP contribution is -2.08. The van der Waals surface area contributed by atoms with Crippen LogP contribution in [0.15, 0.2) is 28.7 Å². The van der Waals surface area contributed by atoms with E-state index >= 15 is 0 Å². The molecule has 86 valence electrons. The van der Waals surface area contributed by atoms with E-state index in [9.17, 15) is 13.6 Å². The molecule has 16 heavy (non-hydrogen) atoms. The van der Waals surface area contributed by atoms with Crippen LogP contribution >= 0.6 is 15.9 Å². The summed E-state index contributed by atoms with van der Waals surface area (Å²) >= 11 is 3.22. The van der Waals surface area contributed by atoms with Crippen molar-refractivity contribution in [2.24, 2.45) is 5.92 Å². The van der Waals surface area contributed by atoms with Gasteiger partial charge in [0.2, 0.25) is 0 Å². The van der Waals surface area contributed by atoms with Gasteiger partial charge in [-0.1, -0.05) is 28.1 Å². The molecule has 0 amide bonds. The Balaban J connectivity index is 2.24. The molecule has 0 aromatic heterocycles. The van der Waals surface area contributed by atoms with E-state index in [1.165, 1.54) is 0 Å². The van der Waals surface area contributed by atoms with E-state index in [1.807, 2.05) is 0 Å². The van der Waals surface area contributed by atoms with E-state index < -0.39 is 23.7 Å². The van der Waals surface area contributed by atoms with Crippen LogP contribution in [0.4, 0.5) is 8.78 Å². The molecule has 1 aliphatic rings. The Morgan fingerprint density at radius 2 is 1.94 bits per heavy atom. The first-order valence-corrected chi connectivity index (χ1v) is 5.49. The lowest BCUT2D eigenvalue weighted by Gasteiger charge is -1.98. The zero-order valence-corrected chi connectivity index (χ0v) is 10.0. The van der Waals surface area contributed by atoms with Gasteiger partial charge in [0.05, 0.1) is 13.0 Å². The summed E-state index contributed by atoms with van der Waals surface area (Å²) in [6.07, 6.45) is 0. The van der Waals surface area contributed by atoms with Crippen LogP contribution in [0.25, 0.3) is 0 Å². The van der Waals surface area contributed by atoms with Crippen LogP contribution in [0.1, 0.15) is 11.5 Å². The van der Waals surface area contributed by atoms with Crippen molar-refractivity contribution in [3.63, 3.8) is 0 Å². The summed E-state index contributed by atoms with van der Waals surface area (Å²) in [7, 11) is 1.12. The average Bonchev–Trinajstić information content (AvgIpc) is 2.82. The number of esters is 1. The molecule has 5 heteroatoms. The Hall–Kier alpha value is -0.970. The number of halogens is 3. The van der Waals surface area contributed by atoms with Crippen molar-refractivity contribution in [1.29, 1.82) is 0 Å². The van der Waals surface area contributed by atoms with Crippen molar-refractivity contribution in [1.82, 2.24) is 0 Å². The third-order valence-electron chi connectivity index (χ3n) is 2.74. The molecule has 2 nitrogen and oxygen atoms in total. The molecule has 0 bridgehead atoms. The van der Waals surface area contributed by atoms with Gasteiger partial charge in [0.25, 0.3) is 5.92 Å². The van der Waals surface area contributed by atoms with Gasteiger partial charge in [0.1, 0.15) is 5.92 Å². The summed E-state index contributed by atoms with van der Waals surface area (Å²) in [5.41, 5.74) is 0.462. The summed E-state index contributed by atoms with van der Waals surface area (Å²) < 4.78 is 31.9. The van der Waals surface area contributed by atoms with Crippen LogP contribution < -0.4 is 0 Å². The fourth-order valence-corrected chi connectivity index (χ4v) is 2.10. The average molecular weight is 291 g/mol. The predicted molar refractivity (Wildman–Crippen MR) is 57.3 cm³/mol. The molecule has 0 spiro atoms. The first-order valence-electron chi connectivity index (χ1n) is 4.69. The van der Waals surface area contributed by atoms with E-state index in [-0.39, 0.29) is 0 Å². The van der Waals surface area contributed by atoms with Crippen LogP contribution in [0.3, 0.4) is 0 Å². The largest absolute Gasteiger partial charge is 0.469 e. The minimum absolute atomic E-state index is 0.462. The lowest BCUT2D eigenvalue weighted by molar-refractivity contribution is -0.144. The number of carbonyl (C=O) groups excluding carboxylic acids is 1. The molecule has 1 aromatic rings. The Morgan fingerprint density at radius 3 is 2.44 bits per heavy atom. The van der Waals surface area contributed by atoms with Gasteiger partial charge >= 0.3 is 5.97 Å². The number of hydrogen-bond donors (Lipinski definition) is 0. The van der Waals surface area contributed by atoms with E-state index in [0.717, 1.165) is 11.6 Å². The topological polar surface area (TPSA) is 26.3 Å². The van der Waals surface area contributed by atoms with Crippen molar-refractivity contribution >= 4 is 21.9 Å². The number of carbonyl (C=O) groups is 1. The van der Waals surface area contributed by atoms with E-state index in [2.05, 4.69) is 20.7 Å². The first kappa shape index (κ1) is 11.5. The molecule has 0 saturated heterocycles. The predicted octanol–water partition coefficient (Wildman–Crippen LogP) is 2.97. The van der Waals surface area contributed by atoms with E-state index in [0.29, 0.717) is 5.56 Å². The van der Waals surface area contributed by atoms with Crippen molar-refractivity contribution < 1.29 is 18.3 Å². The fraction of sp³-hybridized carbons (Fsp3) is 0.364. The number of alkyl halides is 2. The SMILES string of the molecule is COC(=O)[C@@H]1[C@H](c2ccc(Br)cc2)C1(F)F. The zero-order valence-electron chi connectivity index (χ0n) is 8.41. The van der Waals surface area contributed by atoms with E-state index in [1.54, 1.807) is 24.3 Å². The quantitative estimate of drug-likeness (QED) is 0.783. The summed E-state index contributed by atoms with van der Waals surface area (Å²) in [6, 6.07) is 6.54. The molecule has 1 aromatic carbocycles. The first-order chi connectivity index (χ1) is 7.48. The number of benzene rings is 1. The van der Waals surface area contributed by atoms with E-state index in [4.69, 9.17) is 0 Å². The van der Waals surface area contributed by atoms with Gasteiger partial charge in [0, 0.05) is 4.47 Å². The number of rotatable bonds is 2. The molecule has 2 atom stereocenters. The fourth-order valence-electron chi connectivity index (χ4n) is 1.83. The highest BCUT2D eigenvalue weighted by atomic mass is 79.9. The molecule has 1 saturated carbocycles. The maximum absolute atomic E-state index is 13.4. The highest BCUT2D eigenvalue weighted by Crippen LogP contribution is 2.61. The van der Waals surface area contributed by atoms with Gasteiger partial charge in [-0.2, -0.15) is 0 Å². The van der Waals surface area contributed by atoms with Gasteiger partial charge in [-0.05, 0) is 17.7 Å². The number of hydrogen-bond acceptors (Lipinski definition) is 2. The Bertz CT molecular complexity index is 416. The summed E-state index contributed by atoms with van der Waals surface area (Å²) in [5, 5.41) is 0. The molecule has 1 aliphatic carbocycles. The van der Waals surface area contributed by atoms with Crippen LogP contribution in [0.5, 0.6) is 0 Å². The van der Waals surface area contributed by atoms with Crippen molar-refractivity contribution in [3.05, 3.63) is 34.3 Å². The number of methoxy groups -OCH3 is 1. The molecule has 0 radical (unpaired) electrons. The van der Waals surface area contributed by atoms with Crippen molar-refractivity contribution in [3.8, 4) is 0 Å². The number of ether oxygens (including phenoxy) is 1. The minimum atomic E-state index is -2.99. The highest BCUT2D eigenvalue weighted by molar-refractivity contribution is 9.10. The van der Waals surface area contributed by atoms with Gasteiger partial charge in [0.15, 0.2) is 0 Å². The third-order valence-corrected chi connectivity index (χ3v) is 3.27. The van der Waals surface area contributed by atoms with Gasteiger partial charge < -0.3 is 4.74 Å². The summed E-state index contributed by atoms with van der Waals surface area (Å²) in [4.78, 5) is 11.1. The molecular weight excluding hydrogens is 282 g/mol. The summed E-state index contributed by atoms with van der Waals surface area (Å²) in [6.45, 7) is 0. The second-order valence-electron chi connectivity index (χ2n) is 3.70. The molecule has 0 N–H and O–H groups in total. The van der Waals surface area contributed by atoms with Gasteiger partial charge in [-0.3, -0.25) is 4.79 Å². The maximum atomic E-state index is 13.4. The Morgan fingerprint density at radius 1 is 1.38 bits per heavy atom. The Labute approximate surface area is 99.7 Å². The standard InChI is InChI=1S/C11H9BrF2O2/c1-16-10(15)9-8(11(9,13)14)6-2-4-7(12)5-3-6/h2-5,8-9H,1H3/t8-,9-/m0/s1. The van der Waals surface area contributed by atoms with Crippen LogP contribution in [0, 0.1) is 5.92 Å². The monoisotopic (exact) mass is 290 g/mol. The molecule has 2 rings (SSSR count). The highest BCUT2D eigenvalue weighted by Gasteiger charge is 2.73. The van der Waals surface area contributed by atoms with Crippen molar-refractivity contribution in [2.75, 3.05) is 7.11 Å². The van der Waals surface area contributed by atoms with Crippen LogP contribution in [-0.2, 0) is 9.53 Å². The van der Waals surface area contributed by atoms with Crippen LogP contribution in [0.2, 0.25) is 0 Å². The molecule has 0 heterocycles. The molecular formula is C11H9BrF2O2. The molecule has 0 unspecified atom stereocenters. The van der Waals surface area contributed by atoms with Gasteiger partial charge in [-0.25, -0.2) is 8.78 Å². The zero-order chi connectivity index (χ0) is 11.9. The Kier molecular flexibility index (Phi) is 2.74. The smallest absolute Gasteiger partial charge is 0.315 e.